The molecule has 0 bridgehead atoms. The number of rotatable bonds is 19. The number of ketones is 2. The van der Waals surface area contributed by atoms with E-state index in [2.05, 4.69) is 23.8 Å². The normalized spacial score (nSPS) is 13.6. The van der Waals surface area contributed by atoms with Gasteiger partial charge in [0.15, 0.2) is 5.78 Å². The van der Waals surface area contributed by atoms with Crippen molar-refractivity contribution in [2.45, 2.75) is 72.4 Å². The highest BCUT2D eigenvalue weighted by Gasteiger charge is 2.40. The Balaban J connectivity index is 5.45. The van der Waals surface area contributed by atoms with Crippen LogP contribution >= 0.6 is 0 Å². The van der Waals surface area contributed by atoms with Crippen molar-refractivity contribution in [3.63, 3.8) is 0 Å². The fourth-order valence-electron chi connectivity index (χ4n) is 3.35. The molecule has 0 spiro atoms. The van der Waals surface area contributed by atoms with Gasteiger partial charge in [-0.1, -0.05) is 32.9 Å². The van der Waals surface area contributed by atoms with Gasteiger partial charge in [-0.15, -0.1) is 13.2 Å². The molecule has 0 aromatic carbocycles. The van der Waals surface area contributed by atoms with Crippen molar-refractivity contribution in [2.75, 3.05) is 33.5 Å². The minimum absolute atomic E-state index is 0.0369. The standard InChI is InChI=1S/C28H46N2O8/c1-11-13-37-17-19(3)21(31)16-26(4,5)24(34)30-27(6,7)22(32)15-20(18-38-14-12-2)23(33)29-28(8,9)25(35)36-10/h11-12,19-20H,1-2,13-18H2,3-10H3,(H,29,33)(H,30,34)/t19-,20-/m0/s1. The van der Waals surface area contributed by atoms with Crippen LogP contribution in [0.2, 0.25) is 0 Å². The molecule has 0 radical (unpaired) electrons. The lowest BCUT2D eigenvalue weighted by Gasteiger charge is -2.32. The van der Waals surface area contributed by atoms with Crippen molar-refractivity contribution in [1.29, 1.82) is 0 Å². The van der Waals surface area contributed by atoms with Gasteiger partial charge in [0.1, 0.15) is 11.3 Å². The third-order valence-corrected chi connectivity index (χ3v) is 6.00. The van der Waals surface area contributed by atoms with E-state index in [1.165, 1.54) is 40.9 Å². The predicted octanol–water partition coefficient (Wildman–Crippen LogP) is 2.55. The number of carbonyl (C=O) groups is 5. The predicted molar refractivity (Wildman–Crippen MR) is 144 cm³/mol. The summed E-state index contributed by atoms with van der Waals surface area (Å²) in [6.45, 7) is 18.8. The molecule has 0 aliphatic heterocycles. The van der Waals surface area contributed by atoms with Crippen LogP contribution in [0.1, 0.15) is 61.3 Å². The summed E-state index contributed by atoms with van der Waals surface area (Å²) >= 11 is 0. The number of methoxy groups -OCH3 is 1. The second kappa shape index (κ2) is 15.5. The molecule has 0 aliphatic rings. The van der Waals surface area contributed by atoms with Crippen LogP contribution < -0.4 is 10.6 Å². The van der Waals surface area contributed by atoms with E-state index in [9.17, 15) is 24.0 Å². The summed E-state index contributed by atoms with van der Waals surface area (Å²) in [4.78, 5) is 64.0. The van der Waals surface area contributed by atoms with Crippen LogP contribution in [0.15, 0.2) is 25.3 Å². The van der Waals surface area contributed by atoms with E-state index in [4.69, 9.17) is 14.2 Å². The number of hydrogen-bond acceptors (Lipinski definition) is 8. The minimum Gasteiger partial charge on any atom is -0.467 e. The molecule has 2 N–H and O–H groups in total. The third-order valence-electron chi connectivity index (χ3n) is 6.00. The molecule has 0 fully saturated rings. The van der Waals surface area contributed by atoms with E-state index in [1.54, 1.807) is 26.8 Å². The maximum atomic E-state index is 13.3. The lowest BCUT2D eigenvalue weighted by molar-refractivity contribution is -0.150. The number of Topliss-reactive ketones (excluding diaryl/α,β-unsaturated/α-hetero) is 2. The van der Waals surface area contributed by atoms with Gasteiger partial charge in [0, 0.05) is 18.8 Å². The summed E-state index contributed by atoms with van der Waals surface area (Å²) in [6.07, 6.45) is 2.80. The van der Waals surface area contributed by atoms with E-state index < -0.39 is 51.9 Å². The number of amides is 2. The first-order valence-electron chi connectivity index (χ1n) is 12.6. The Kier molecular flexibility index (Phi) is 14.4. The Bertz CT molecular complexity index is 876. The summed E-state index contributed by atoms with van der Waals surface area (Å²) in [5, 5.41) is 5.33. The lowest BCUT2D eigenvalue weighted by atomic mass is 9.82. The fourth-order valence-corrected chi connectivity index (χ4v) is 3.35. The molecule has 10 heteroatoms. The second-order valence-corrected chi connectivity index (χ2v) is 11.1. The average molecular weight is 539 g/mol. The number of ether oxygens (including phenoxy) is 3. The van der Waals surface area contributed by atoms with Crippen LogP contribution in [0.3, 0.4) is 0 Å². The molecule has 0 aromatic rings. The summed E-state index contributed by atoms with van der Waals surface area (Å²) in [5.74, 6) is -3.58. The van der Waals surface area contributed by atoms with Gasteiger partial charge < -0.3 is 24.8 Å². The molecular weight excluding hydrogens is 492 g/mol. The van der Waals surface area contributed by atoms with E-state index in [0.717, 1.165) is 0 Å². The van der Waals surface area contributed by atoms with Crippen molar-refractivity contribution in [2.24, 2.45) is 17.3 Å². The molecule has 0 saturated carbocycles. The topological polar surface area (TPSA) is 137 Å². The van der Waals surface area contributed by atoms with Gasteiger partial charge in [0.25, 0.3) is 0 Å². The third kappa shape index (κ3) is 11.7. The maximum Gasteiger partial charge on any atom is 0.330 e. The molecule has 0 unspecified atom stereocenters. The summed E-state index contributed by atoms with van der Waals surface area (Å²) in [5.41, 5.74) is -3.75. The average Bonchev–Trinajstić information content (AvgIpc) is 2.81. The van der Waals surface area contributed by atoms with Crippen molar-refractivity contribution in [3.8, 4) is 0 Å². The Morgan fingerprint density at radius 1 is 0.842 bits per heavy atom. The smallest absolute Gasteiger partial charge is 0.330 e. The molecule has 10 nitrogen and oxygen atoms in total. The monoisotopic (exact) mass is 538 g/mol. The molecule has 0 heterocycles. The number of nitrogens with one attached hydrogen (secondary N) is 2. The maximum absolute atomic E-state index is 13.3. The van der Waals surface area contributed by atoms with E-state index in [-0.39, 0.29) is 38.4 Å². The molecule has 2 amide bonds. The lowest BCUT2D eigenvalue weighted by Crippen LogP contribution is -2.56. The van der Waals surface area contributed by atoms with Crippen LogP contribution in [0.25, 0.3) is 0 Å². The van der Waals surface area contributed by atoms with Crippen molar-refractivity contribution in [1.82, 2.24) is 10.6 Å². The largest absolute Gasteiger partial charge is 0.467 e. The van der Waals surface area contributed by atoms with E-state index in [0.29, 0.717) is 6.61 Å². The Morgan fingerprint density at radius 2 is 1.37 bits per heavy atom. The summed E-state index contributed by atoms with van der Waals surface area (Å²) < 4.78 is 15.5. The van der Waals surface area contributed by atoms with Gasteiger partial charge in [0.2, 0.25) is 11.8 Å². The van der Waals surface area contributed by atoms with Gasteiger partial charge in [-0.05, 0) is 27.7 Å². The van der Waals surface area contributed by atoms with Crippen molar-refractivity contribution in [3.05, 3.63) is 25.3 Å². The number of esters is 1. The molecule has 216 valence electrons. The second-order valence-electron chi connectivity index (χ2n) is 11.1. The first kappa shape index (κ1) is 35.2. The Hall–Kier alpha value is -2.85. The molecule has 0 rings (SSSR count). The zero-order valence-corrected chi connectivity index (χ0v) is 24.2. The van der Waals surface area contributed by atoms with Gasteiger partial charge in [-0.25, -0.2) is 4.79 Å². The molecule has 0 saturated heterocycles. The number of hydrogen-bond donors (Lipinski definition) is 2. The van der Waals surface area contributed by atoms with Gasteiger partial charge in [-0.2, -0.15) is 0 Å². The van der Waals surface area contributed by atoms with Gasteiger partial charge in [-0.3, -0.25) is 19.2 Å². The molecule has 2 atom stereocenters. The molecule has 0 aromatic heterocycles. The van der Waals surface area contributed by atoms with Gasteiger partial charge >= 0.3 is 5.97 Å². The van der Waals surface area contributed by atoms with Crippen LogP contribution in [-0.2, 0) is 38.2 Å². The molecule has 38 heavy (non-hydrogen) atoms. The van der Waals surface area contributed by atoms with Crippen molar-refractivity contribution >= 4 is 29.4 Å². The van der Waals surface area contributed by atoms with Crippen LogP contribution in [0.4, 0.5) is 0 Å². The fraction of sp³-hybridized carbons (Fsp3) is 0.679. The molecular formula is C28H46N2O8. The highest BCUT2D eigenvalue weighted by atomic mass is 16.5. The van der Waals surface area contributed by atoms with E-state index >= 15 is 0 Å². The van der Waals surface area contributed by atoms with E-state index in [1.807, 2.05) is 0 Å². The zero-order valence-electron chi connectivity index (χ0n) is 24.2. The Labute approximate surface area is 226 Å². The summed E-state index contributed by atoms with van der Waals surface area (Å²) in [7, 11) is 1.21. The molecule has 0 aliphatic carbocycles. The zero-order chi connectivity index (χ0) is 29.7. The quantitative estimate of drug-likeness (QED) is 0.145. The number of carbonyl (C=O) groups excluding carboxylic acids is 5. The Morgan fingerprint density at radius 3 is 1.87 bits per heavy atom. The first-order chi connectivity index (χ1) is 17.4. The summed E-state index contributed by atoms with van der Waals surface area (Å²) in [6, 6.07) is 0. The van der Waals surface area contributed by atoms with Gasteiger partial charge in [0.05, 0.1) is 50.4 Å². The minimum atomic E-state index is -1.34. The van der Waals surface area contributed by atoms with Crippen LogP contribution in [0.5, 0.6) is 0 Å². The first-order valence-corrected chi connectivity index (χ1v) is 12.6. The van der Waals surface area contributed by atoms with Crippen molar-refractivity contribution < 1.29 is 38.2 Å². The SMILES string of the molecule is C=CCOC[C@H](CC(=O)C(C)(C)NC(=O)C(C)(C)CC(=O)[C@@H](C)COCC=C)C(=O)NC(C)(C)C(=O)OC. The highest BCUT2D eigenvalue weighted by molar-refractivity contribution is 5.98. The van der Waals surface area contributed by atoms with Crippen LogP contribution in [-0.4, -0.2) is 74.0 Å². The van der Waals surface area contributed by atoms with Crippen LogP contribution in [0, 0.1) is 17.3 Å². The highest BCUT2D eigenvalue weighted by Crippen LogP contribution is 2.25.